The van der Waals surface area contributed by atoms with Gasteiger partial charge < -0.3 is 9.47 Å². The molecule has 0 fully saturated rings. The molecule has 0 bridgehead atoms. The second-order valence-corrected chi connectivity index (χ2v) is 2.69. The summed E-state index contributed by atoms with van der Waals surface area (Å²) in [6, 6.07) is 7.21. The predicted octanol–water partition coefficient (Wildman–Crippen LogP) is 2.24. The van der Waals surface area contributed by atoms with Crippen molar-refractivity contribution in [1.29, 1.82) is 5.26 Å². The van der Waals surface area contributed by atoms with E-state index in [0.29, 0.717) is 22.6 Å². The van der Waals surface area contributed by atoms with E-state index in [1.54, 1.807) is 32.4 Å². The maximum absolute atomic E-state index is 8.68. The quantitative estimate of drug-likeness (QED) is 0.685. The van der Waals surface area contributed by atoms with E-state index in [0.717, 1.165) is 0 Å². The Bertz CT molecular complexity index is 369. The maximum Gasteiger partial charge on any atom is 0.123 e. The van der Waals surface area contributed by atoms with Crippen LogP contribution in [0.15, 0.2) is 24.8 Å². The van der Waals surface area contributed by atoms with Crippen LogP contribution in [0.2, 0.25) is 0 Å². The Kier molecular flexibility index (Phi) is 3.14. The summed E-state index contributed by atoms with van der Waals surface area (Å²) in [6.07, 6.45) is 0. The van der Waals surface area contributed by atoms with E-state index in [1.165, 1.54) is 0 Å². The summed E-state index contributed by atoms with van der Waals surface area (Å²) in [5.41, 5.74) is 1.10. The molecule has 1 rings (SSSR count). The van der Waals surface area contributed by atoms with Crippen molar-refractivity contribution in [2.24, 2.45) is 0 Å². The van der Waals surface area contributed by atoms with Crippen molar-refractivity contribution in [3.63, 3.8) is 0 Å². The normalized spacial score (nSPS) is 8.93. The van der Waals surface area contributed by atoms with Gasteiger partial charge in [0.2, 0.25) is 0 Å². The molecule has 0 aliphatic heterocycles. The molecule has 1 aromatic carbocycles. The summed E-state index contributed by atoms with van der Waals surface area (Å²) in [5.74, 6) is 1.30. The number of methoxy groups -OCH3 is 2. The monoisotopic (exact) mass is 189 g/mol. The van der Waals surface area contributed by atoms with Crippen molar-refractivity contribution in [2.45, 2.75) is 0 Å². The van der Waals surface area contributed by atoms with Gasteiger partial charge in [0.05, 0.1) is 25.9 Å². The molecule has 0 amide bonds. The van der Waals surface area contributed by atoms with Crippen molar-refractivity contribution in [3.8, 4) is 17.6 Å². The molecule has 72 valence electrons. The summed E-state index contributed by atoms with van der Waals surface area (Å²) in [6.45, 7) is 3.62. The van der Waals surface area contributed by atoms with Gasteiger partial charge in [-0.2, -0.15) is 5.26 Å². The number of allylic oxidation sites excluding steroid dienone is 1. The van der Waals surface area contributed by atoms with Crippen molar-refractivity contribution >= 4 is 5.57 Å². The molecule has 0 radical (unpaired) electrons. The minimum absolute atomic E-state index is 0.391. The van der Waals surface area contributed by atoms with E-state index < -0.39 is 0 Å². The van der Waals surface area contributed by atoms with E-state index >= 15 is 0 Å². The summed E-state index contributed by atoms with van der Waals surface area (Å²) < 4.78 is 10.1. The Balaban J connectivity index is 3.18. The summed E-state index contributed by atoms with van der Waals surface area (Å²) in [7, 11) is 3.13. The molecule has 3 nitrogen and oxygen atoms in total. The molecule has 0 aromatic heterocycles. The number of hydrogen-bond acceptors (Lipinski definition) is 3. The van der Waals surface area contributed by atoms with Gasteiger partial charge in [-0.15, -0.1) is 0 Å². The smallest absolute Gasteiger partial charge is 0.123 e. The highest BCUT2D eigenvalue weighted by Gasteiger charge is 2.03. The lowest BCUT2D eigenvalue weighted by atomic mass is 10.1. The molecule has 0 saturated carbocycles. The number of benzene rings is 1. The topological polar surface area (TPSA) is 42.2 Å². The Morgan fingerprint density at radius 3 is 2.07 bits per heavy atom. The van der Waals surface area contributed by atoms with E-state index in [4.69, 9.17) is 14.7 Å². The van der Waals surface area contributed by atoms with Crippen LogP contribution < -0.4 is 9.47 Å². The molecule has 0 N–H and O–H groups in total. The van der Waals surface area contributed by atoms with Crippen LogP contribution in [0.5, 0.6) is 11.5 Å². The number of ether oxygens (including phenoxy) is 2. The third kappa shape index (κ3) is 2.05. The highest BCUT2D eigenvalue weighted by molar-refractivity contribution is 5.76. The minimum Gasteiger partial charge on any atom is -0.497 e. The Hall–Kier alpha value is -1.95. The zero-order valence-electron chi connectivity index (χ0n) is 8.20. The van der Waals surface area contributed by atoms with Crippen LogP contribution in [0.1, 0.15) is 5.56 Å². The van der Waals surface area contributed by atoms with Crippen molar-refractivity contribution in [2.75, 3.05) is 14.2 Å². The second-order valence-electron chi connectivity index (χ2n) is 2.69. The second kappa shape index (κ2) is 4.33. The zero-order valence-corrected chi connectivity index (χ0v) is 8.20. The summed E-state index contributed by atoms with van der Waals surface area (Å²) in [4.78, 5) is 0. The van der Waals surface area contributed by atoms with Gasteiger partial charge in [-0.1, -0.05) is 6.58 Å². The standard InChI is InChI=1S/C11H11NO2/c1-8(7-12)9-4-10(13-2)6-11(5-9)14-3/h4-6H,1H2,2-3H3. The summed E-state index contributed by atoms with van der Waals surface area (Å²) in [5, 5.41) is 8.68. The zero-order chi connectivity index (χ0) is 10.6. The van der Waals surface area contributed by atoms with Crippen LogP contribution in [0.3, 0.4) is 0 Å². The first-order valence-electron chi connectivity index (χ1n) is 4.03. The molecule has 0 unspecified atom stereocenters. The number of rotatable bonds is 3. The lowest BCUT2D eigenvalue weighted by Crippen LogP contribution is -1.89. The first-order valence-corrected chi connectivity index (χ1v) is 4.03. The Morgan fingerprint density at radius 2 is 1.71 bits per heavy atom. The fourth-order valence-corrected chi connectivity index (χ4v) is 1.05. The summed E-state index contributed by atoms with van der Waals surface area (Å²) >= 11 is 0. The van der Waals surface area contributed by atoms with Gasteiger partial charge in [0.15, 0.2) is 0 Å². The van der Waals surface area contributed by atoms with E-state index in [2.05, 4.69) is 6.58 Å². The fraction of sp³-hybridized carbons (Fsp3) is 0.182. The van der Waals surface area contributed by atoms with Gasteiger partial charge in [-0.3, -0.25) is 0 Å². The largest absolute Gasteiger partial charge is 0.497 e. The van der Waals surface area contributed by atoms with Crippen molar-refractivity contribution < 1.29 is 9.47 Å². The van der Waals surface area contributed by atoms with Crippen molar-refractivity contribution in [1.82, 2.24) is 0 Å². The molecule has 0 heterocycles. The average molecular weight is 189 g/mol. The molecule has 0 aliphatic carbocycles. The van der Waals surface area contributed by atoms with Crippen LogP contribution >= 0.6 is 0 Å². The predicted molar refractivity (Wildman–Crippen MR) is 54.2 cm³/mol. The van der Waals surface area contributed by atoms with Gasteiger partial charge >= 0.3 is 0 Å². The third-order valence-electron chi connectivity index (χ3n) is 1.83. The molecule has 14 heavy (non-hydrogen) atoms. The molecular weight excluding hydrogens is 178 g/mol. The fourth-order valence-electron chi connectivity index (χ4n) is 1.05. The van der Waals surface area contributed by atoms with Gasteiger partial charge in [0, 0.05) is 6.07 Å². The van der Waals surface area contributed by atoms with Gasteiger partial charge in [0.1, 0.15) is 11.5 Å². The van der Waals surface area contributed by atoms with Crippen LogP contribution in [0.4, 0.5) is 0 Å². The first kappa shape index (κ1) is 10.1. The third-order valence-corrected chi connectivity index (χ3v) is 1.83. The molecule has 0 aliphatic rings. The average Bonchev–Trinajstić information content (AvgIpc) is 2.27. The minimum atomic E-state index is 0.391. The van der Waals surface area contributed by atoms with E-state index in [-0.39, 0.29) is 0 Å². The van der Waals surface area contributed by atoms with Gasteiger partial charge in [-0.05, 0) is 17.7 Å². The Morgan fingerprint density at radius 1 is 1.21 bits per heavy atom. The lowest BCUT2D eigenvalue weighted by molar-refractivity contribution is 0.394. The number of nitrogens with zero attached hydrogens (tertiary/aromatic N) is 1. The molecule has 3 heteroatoms. The maximum atomic E-state index is 8.68. The van der Waals surface area contributed by atoms with Crippen LogP contribution in [-0.4, -0.2) is 14.2 Å². The molecule has 0 spiro atoms. The molecule has 0 saturated heterocycles. The molecular formula is C11H11NO2. The van der Waals surface area contributed by atoms with E-state index in [9.17, 15) is 0 Å². The van der Waals surface area contributed by atoms with Crippen LogP contribution in [-0.2, 0) is 0 Å². The molecule has 0 atom stereocenters. The van der Waals surface area contributed by atoms with Crippen molar-refractivity contribution in [3.05, 3.63) is 30.3 Å². The molecule has 1 aromatic rings. The SMILES string of the molecule is C=C(C#N)c1cc(OC)cc(OC)c1. The van der Waals surface area contributed by atoms with Gasteiger partial charge in [0.25, 0.3) is 0 Å². The van der Waals surface area contributed by atoms with Gasteiger partial charge in [-0.25, -0.2) is 0 Å². The van der Waals surface area contributed by atoms with Crippen LogP contribution in [0.25, 0.3) is 5.57 Å². The first-order chi connectivity index (χ1) is 6.71. The lowest BCUT2D eigenvalue weighted by Gasteiger charge is -2.06. The number of hydrogen-bond donors (Lipinski definition) is 0. The Labute approximate surface area is 83.2 Å². The van der Waals surface area contributed by atoms with Crippen LogP contribution in [0, 0.1) is 11.3 Å². The number of nitriles is 1. The highest BCUT2D eigenvalue weighted by Crippen LogP contribution is 2.25. The highest BCUT2D eigenvalue weighted by atomic mass is 16.5. The van der Waals surface area contributed by atoms with E-state index in [1.807, 2.05) is 6.07 Å².